The van der Waals surface area contributed by atoms with Crippen LogP contribution in [0.5, 0.6) is 5.75 Å². The molecule has 0 amide bonds. The van der Waals surface area contributed by atoms with Gasteiger partial charge in [-0.1, -0.05) is 18.2 Å². The smallest absolute Gasteiger partial charge is 0.434 e. The van der Waals surface area contributed by atoms with E-state index < -0.39 is 11.9 Å². The van der Waals surface area contributed by atoms with E-state index in [0.29, 0.717) is 36.4 Å². The van der Waals surface area contributed by atoms with Gasteiger partial charge in [-0.05, 0) is 24.8 Å². The van der Waals surface area contributed by atoms with Gasteiger partial charge in [-0.2, -0.15) is 13.2 Å². The first-order valence-corrected chi connectivity index (χ1v) is 10.0. The maximum absolute atomic E-state index is 12.6. The molecule has 0 atom stereocenters. The van der Waals surface area contributed by atoms with Gasteiger partial charge in [-0.3, -0.25) is 4.99 Å². The molecular formula is C19H23F3N4OS. The Morgan fingerprint density at radius 3 is 2.75 bits per heavy atom. The summed E-state index contributed by atoms with van der Waals surface area (Å²) in [5, 5.41) is 7.79. The van der Waals surface area contributed by atoms with Gasteiger partial charge in [0.2, 0.25) is 0 Å². The third kappa shape index (κ3) is 6.12. The number of aromatic nitrogens is 1. The molecule has 1 aromatic carbocycles. The van der Waals surface area contributed by atoms with Gasteiger partial charge in [0.25, 0.3) is 0 Å². The van der Waals surface area contributed by atoms with Crippen LogP contribution in [0.25, 0.3) is 0 Å². The van der Waals surface area contributed by atoms with Crippen LogP contribution in [0, 0.1) is 5.92 Å². The van der Waals surface area contributed by atoms with Gasteiger partial charge in [-0.25, -0.2) is 4.98 Å². The molecule has 1 fully saturated rings. The van der Waals surface area contributed by atoms with Crippen LogP contribution in [0.2, 0.25) is 0 Å². The molecule has 2 N–H and O–H groups in total. The highest BCUT2D eigenvalue weighted by Gasteiger charge is 2.33. The Morgan fingerprint density at radius 1 is 1.29 bits per heavy atom. The maximum atomic E-state index is 12.6. The molecule has 1 heterocycles. The predicted octanol–water partition coefficient (Wildman–Crippen LogP) is 3.86. The number of para-hydroxylation sites is 1. The number of nitrogens with one attached hydrogen (secondary N) is 2. The number of hydrogen-bond acceptors (Lipinski definition) is 4. The van der Waals surface area contributed by atoms with Gasteiger partial charge in [0.15, 0.2) is 11.7 Å². The second kappa shape index (κ2) is 9.27. The van der Waals surface area contributed by atoms with E-state index >= 15 is 0 Å². The Balaban J connectivity index is 1.45. The minimum absolute atomic E-state index is 0.391. The molecule has 1 aliphatic rings. The molecular weight excluding hydrogens is 389 g/mol. The molecule has 9 heteroatoms. The van der Waals surface area contributed by atoms with Gasteiger partial charge in [0.1, 0.15) is 5.75 Å². The van der Waals surface area contributed by atoms with Crippen LogP contribution < -0.4 is 15.4 Å². The van der Waals surface area contributed by atoms with E-state index in [1.54, 1.807) is 7.05 Å². The fourth-order valence-electron chi connectivity index (χ4n) is 2.53. The topological polar surface area (TPSA) is 58.5 Å². The van der Waals surface area contributed by atoms with Crippen LogP contribution in [0.4, 0.5) is 13.2 Å². The van der Waals surface area contributed by atoms with Crippen molar-refractivity contribution in [3.63, 3.8) is 0 Å². The molecule has 3 rings (SSSR count). The summed E-state index contributed by atoms with van der Waals surface area (Å²) in [5.74, 6) is 2.11. The van der Waals surface area contributed by atoms with Crippen LogP contribution in [0.1, 0.15) is 29.1 Å². The zero-order chi connectivity index (χ0) is 20.0. The van der Waals surface area contributed by atoms with Crippen LogP contribution in [-0.2, 0) is 19.1 Å². The lowest BCUT2D eigenvalue weighted by atomic mass is 10.2. The molecule has 0 aliphatic heterocycles. The quantitative estimate of drug-likeness (QED) is 0.511. The summed E-state index contributed by atoms with van der Waals surface area (Å²) in [6.45, 7) is 1.72. The second-order valence-electron chi connectivity index (χ2n) is 6.59. The van der Waals surface area contributed by atoms with E-state index in [1.807, 2.05) is 24.3 Å². The lowest BCUT2D eigenvalue weighted by Gasteiger charge is -2.14. The molecule has 28 heavy (non-hydrogen) atoms. The maximum Gasteiger partial charge on any atom is 0.434 e. The first kappa shape index (κ1) is 20.4. The average molecular weight is 412 g/mol. The number of aliphatic imine (C=N–C) groups is 1. The summed E-state index contributed by atoms with van der Waals surface area (Å²) in [6, 6.07) is 7.85. The fourth-order valence-corrected chi connectivity index (χ4v) is 3.33. The van der Waals surface area contributed by atoms with E-state index in [2.05, 4.69) is 20.6 Å². The second-order valence-corrected chi connectivity index (χ2v) is 7.53. The van der Waals surface area contributed by atoms with Gasteiger partial charge < -0.3 is 15.4 Å². The minimum atomic E-state index is -4.39. The Bertz CT molecular complexity index is 802. The fraction of sp³-hybridized carbons (Fsp3) is 0.474. The molecule has 5 nitrogen and oxygen atoms in total. The van der Waals surface area contributed by atoms with Crippen molar-refractivity contribution >= 4 is 17.3 Å². The van der Waals surface area contributed by atoms with Gasteiger partial charge >= 0.3 is 6.18 Å². The summed E-state index contributed by atoms with van der Waals surface area (Å²) in [7, 11) is 1.65. The lowest BCUT2D eigenvalue weighted by Crippen LogP contribution is -2.37. The number of rotatable bonds is 8. The Morgan fingerprint density at radius 2 is 2.07 bits per heavy atom. The highest BCUT2D eigenvalue weighted by Crippen LogP contribution is 2.31. The zero-order valence-corrected chi connectivity index (χ0v) is 16.4. The summed E-state index contributed by atoms with van der Waals surface area (Å²) in [4.78, 5) is 7.78. The van der Waals surface area contributed by atoms with Gasteiger partial charge in [-0.15, -0.1) is 11.3 Å². The van der Waals surface area contributed by atoms with E-state index in [4.69, 9.17) is 4.74 Å². The normalized spacial score (nSPS) is 14.8. The van der Waals surface area contributed by atoms with Crippen LogP contribution in [0.3, 0.4) is 0 Å². The molecule has 0 bridgehead atoms. The number of halogens is 3. The number of alkyl halides is 3. The molecule has 1 aliphatic carbocycles. The third-order valence-electron chi connectivity index (χ3n) is 4.29. The van der Waals surface area contributed by atoms with Crippen molar-refractivity contribution in [3.8, 4) is 5.75 Å². The number of guanidine groups is 1. The Labute approximate surface area is 166 Å². The molecule has 0 unspecified atom stereocenters. The summed E-state index contributed by atoms with van der Waals surface area (Å²) in [6.07, 6.45) is -1.53. The predicted molar refractivity (Wildman–Crippen MR) is 104 cm³/mol. The number of nitrogens with zero attached hydrogens (tertiary/aromatic N) is 2. The van der Waals surface area contributed by atoms with Crippen molar-refractivity contribution in [2.75, 3.05) is 20.2 Å². The molecule has 1 saturated carbocycles. The summed E-state index contributed by atoms with van der Waals surface area (Å²) < 4.78 is 43.7. The monoisotopic (exact) mass is 412 g/mol. The summed E-state index contributed by atoms with van der Waals surface area (Å²) >= 11 is 1.01. The zero-order valence-electron chi connectivity index (χ0n) is 15.6. The third-order valence-corrected chi connectivity index (χ3v) is 5.20. The molecule has 0 saturated heterocycles. The van der Waals surface area contributed by atoms with Crippen molar-refractivity contribution in [1.29, 1.82) is 0 Å². The Kier molecular flexibility index (Phi) is 6.77. The SMILES string of the molecule is CN=C(NCCc1nc(C(F)(F)F)cs1)NCc1ccccc1OCC1CC1. The Hall–Kier alpha value is -2.29. The van der Waals surface area contributed by atoms with Crippen molar-refractivity contribution in [1.82, 2.24) is 15.6 Å². The minimum Gasteiger partial charge on any atom is -0.493 e. The van der Waals surface area contributed by atoms with Crippen LogP contribution in [-0.4, -0.2) is 31.1 Å². The number of benzene rings is 1. The molecule has 1 aromatic heterocycles. The molecule has 0 radical (unpaired) electrons. The van der Waals surface area contributed by atoms with Crippen LogP contribution in [0.15, 0.2) is 34.6 Å². The van der Waals surface area contributed by atoms with Crippen molar-refractivity contribution in [2.24, 2.45) is 10.9 Å². The van der Waals surface area contributed by atoms with Crippen molar-refractivity contribution in [2.45, 2.75) is 32.0 Å². The molecule has 152 valence electrons. The molecule has 2 aromatic rings. The number of thiazole rings is 1. The first-order chi connectivity index (χ1) is 13.5. The number of hydrogen-bond donors (Lipinski definition) is 2. The highest BCUT2D eigenvalue weighted by atomic mass is 32.1. The van der Waals surface area contributed by atoms with Crippen molar-refractivity contribution < 1.29 is 17.9 Å². The van der Waals surface area contributed by atoms with Gasteiger partial charge in [0.05, 0.1) is 11.6 Å². The average Bonchev–Trinajstić information content (AvgIpc) is 3.37. The van der Waals surface area contributed by atoms with E-state index in [0.717, 1.165) is 34.6 Å². The van der Waals surface area contributed by atoms with E-state index in [-0.39, 0.29) is 0 Å². The largest absolute Gasteiger partial charge is 0.493 e. The molecule has 0 spiro atoms. The van der Waals surface area contributed by atoms with E-state index in [1.165, 1.54) is 12.8 Å². The van der Waals surface area contributed by atoms with E-state index in [9.17, 15) is 13.2 Å². The summed E-state index contributed by atoms with van der Waals surface area (Å²) in [5.41, 5.74) is 0.193. The van der Waals surface area contributed by atoms with Crippen LogP contribution >= 0.6 is 11.3 Å². The standard InChI is InChI=1S/C19H23F3N4OS/c1-23-18(24-9-8-17-26-16(12-28-17)19(20,21)22)25-10-14-4-2-3-5-15(14)27-11-13-6-7-13/h2-5,12-13H,6-11H2,1H3,(H2,23,24,25). The lowest BCUT2D eigenvalue weighted by molar-refractivity contribution is -0.140. The highest BCUT2D eigenvalue weighted by molar-refractivity contribution is 7.09. The number of ether oxygens (including phenoxy) is 1. The van der Waals surface area contributed by atoms with Crippen molar-refractivity contribution in [3.05, 3.63) is 45.9 Å². The first-order valence-electron chi connectivity index (χ1n) is 9.12. The van der Waals surface area contributed by atoms with Gasteiger partial charge in [0, 0.05) is 37.5 Å².